The fourth-order valence-electron chi connectivity index (χ4n) is 4.01. The second-order valence-corrected chi connectivity index (χ2v) is 9.33. The normalized spacial score (nSPS) is 13.1. The lowest BCUT2D eigenvalue weighted by Gasteiger charge is -2.08. The fraction of sp³-hybridized carbons (Fsp3) is 0.238. The molecule has 7 nitrogen and oxygen atoms in total. The van der Waals surface area contributed by atoms with E-state index in [9.17, 15) is 9.59 Å². The summed E-state index contributed by atoms with van der Waals surface area (Å²) in [4.78, 5) is 25.7. The second kappa shape index (κ2) is 7.41. The Morgan fingerprint density at radius 2 is 2.10 bits per heavy atom. The average Bonchev–Trinajstić information content (AvgIpc) is 3.40. The largest absolute Gasteiger partial charge is 0.365 e. The van der Waals surface area contributed by atoms with E-state index >= 15 is 0 Å². The molecule has 0 aliphatic heterocycles. The molecule has 5 rings (SSSR count). The molecule has 1 aliphatic carbocycles. The fourth-order valence-corrected chi connectivity index (χ4v) is 6.08. The van der Waals surface area contributed by atoms with Crippen molar-refractivity contribution in [1.29, 1.82) is 0 Å². The number of benzene rings is 1. The Morgan fingerprint density at radius 3 is 2.93 bits per heavy atom. The van der Waals surface area contributed by atoms with Crippen molar-refractivity contribution in [3.63, 3.8) is 0 Å². The Bertz CT molecular complexity index is 1320. The highest BCUT2D eigenvalue weighted by Gasteiger charge is 2.26. The van der Waals surface area contributed by atoms with Crippen molar-refractivity contribution in [2.45, 2.75) is 31.3 Å². The Labute approximate surface area is 180 Å². The zero-order valence-electron chi connectivity index (χ0n) is 16.3. The molecule has 1 aromatic carbocycles. The summed E-state index contributed by atoms with van der Waals surface area (Å²) in [6.07, 6.45) is 2.80. The van der Waals surface area contributed by atoms with Gasteiger partial charge in [-0.1, -0.05) is 30.0 Å². The van der Waals surface area contributed by atoms with Crippen molar-refractivity contribution < 1.29 is 9.59 Å². The highest BCUT2D eigenvalue weighted by Crippen LogP contribution is 2.39. The van der Waals surface area contributed by atoms with Gasteiger partial charge in [0.2, 0.25) is 5.91 Å². The number of primary amides is 1. The molecule has 0 saturated carbocycles. The van der Waals surface area contributed by atoms with Crippen molar-refractivity contribution in [2.75, 3.05) is 11.1 Å². The molecule has 2 amide bonds. The van der Waals surface area contributed by atoms with Crippen LogP contribution in [-0.4, -0.2) is 32.2 Å². The Kier molecular flexibility index (Phi) is 4.71. The molecule has 0 atom stereocenters. The number of hydrogen-bond acceptors (Lipinski definition) is 6. The molecule has 0 unspecified atom stereocenters. The van der Waals surface area contributed by atoms with Crippen LogP contribution in [0.15, 0.2) is 35.5 Å². The number of nitrogens with one attached hydrogen (secondary N) is 1. The third kappa shape index (κ3) is 3.14. The molecule has 30 heavy (non-hydrogen) atoms. The number of pyridine rings is 1. The minimum Gasteiger partial charge on any atom is -0.365 e. The van der Waals surface area contributed by atoms with E-state index in [1.54, 1.807) is 0 Å². The molecule has 0 fully saturated rings. The highest BCUT2D eigenvalue weighted by molar-refractivity contribution is 7.99. The van der Waals surface area contributed by atoms with Gasteiger partial charge in [-0.05, 0) is 49.4 Å². The van der Waals surface area contributed by atoms with Crippen LogP contribution in [0.2, 0.25) is 0 Å². The molecule has 3 heterocycles. The molecule has 0 spiro atoms. The van der Waals surface area contributed by atoms with Crippen LogP contribution in [0.1, 0.15) is 32.8 Å². The van der Waals surface area contributed by atoms with Gasteiger partial charge in [0.1, 0.15) is 5.00 Å². The molecule has 152 valence electrons. The van der Waals surface area contributed by atoms with Crippen molar-refractivity contribution in [3.8, 4) is 0 Å². The average molecular weight is 438 g/mol. The molecular formula is C21H19N5O2S2. The van der Waals surface area contributed by atoms with Gasteiger partial charge in [0.25, 0.3) is 5.91 Å². The molecule has 3 aromatic heterocycles. The SMILES string of the molecule is Cc1cc2nnc(SCC(=O)Nc3sc4c(c3C(N)=O)CCC4)n2c2ccccc12. The summed E-state index contributed by atoms with van der Waals surface area (Å²) in [5.74, 6) is -0.526. The van der Waals surface area contributed by atoms with Crippen LogP contribution in [0.5, 0.6) is 0 Å². The number of aryl methyl sites for hydroxylation is 2. The summed E-state index contributed by atoms with van der Waals surface area (Å²) in [6.45, 7) is 2.05. The van der Waals surface area contributed by atoms with Gasteiger partial charge in [-0.25, -0.2) is 0 Å². The molecule has 0 radical (unpaired) electrons. The van der Waals surface area contributed by atoms with Gasteiger partial charge in [0.15, 0.2) is 10.8 Å². The number of hydrogen-bond donors (Lipinski definition) is 2. The number of thiophene rings is 1. The van der Waals surface area contributed by atoms with E-state index < -0.39 is 5.91 Å². The number of amides is 2. The van der Waals surface area contributed by atoms with E-state index in [-0.39, 0.29) is 11.7 Å². The number of rotatable bonds is 5. The van der Waals surface area contributed by atoms with E-state index in [1.807, 2.05) is 35.6 Å². The first-order valence-corrected chi connectivity index (χ1v) is 11.4. The summed E-state index contributed by atoms with van der Waals surface area (Å²) < 4.78 is 1.97. The summed E-state index contributed by atoms with van der Waals surface area (Å²) >= 11 is 2.77. The Balaban J connectivity index is 1.39. The molecule has 3 N–H and O–H groups in total. The first-order chi connectivity index (χ1) is 14.5. The van der Waals surface area contributed by atoms with Crippen LogP contribution in [0.25, 0.3) is 16.6 Å². The number of carbonyl (C=O) groups is 2. The van der Waals surface area contributed by atoms with Crippen LogP contribution >= 0.6 is 23.1 Å². The smallest absolute Gasteiger partial charge is 0.251 e. The molecule has 0 bridgehead atoms. The van der Waals surface area contributed by atoms with Crippen molar-refractivity contribution in [2.24, 2.45) is 5.73 Å². The van der Waals surface area contributed by atoms with Crippen molar-refractivity contribution in [3.05, 3.63) is 51.9 Å². The lowest BCUT2D eigenvalue weighted by atomic mass is 10.1. The summed E-state index contributed by atoms with van der Waals surface area (Å²) in [6, 6.07) is 10.1. The second-order valence-electron chi connectivity index (χ2n) is 7.28. The van der Waals surface area contributed by atoms with Gasteiger partial charge in [-0.15, -0.1) is 21.5 Å². The third-order valence-electron chi connectivity index (χ3n) is 5.33. The van der Waals surface area contributed by atoms with E-state index in [0.29, 0.717) is 15.7 Å². The summed E-state index contributed by atoms with van der Waals surface area (Å²) in [5.41, 5.74) is 9.93. The maximum atomic E-state index is 12.6. The minimum atomic E-state index is -0.484. The van der Waals surface area contributed by atoms with Crippen molar-refractivity contribution >= 4 is 56.5 Å². The quantitative estimate of drug-likeness (QED) is 0.465. The number of fused-ring (bicyclic) bond motifs is 4. The molecule has 1 aliphatic rings. The third-order valence-corrected chi connectivity index (χ3v) is 7.46. The van der Waals surface area contributed by atoms with Crippen molar-refractivity contribution in [1.82, 2.24) is 14.6 Å². The van der Waals surface area contributed by atoms with Gasteiger partial charge in [0, 0.05) is 10.3 Å². The number of nitrogens with two attached hydrogens (primary N) is 1. The predicted octanol–water partition coefficient (Wildman–Crippen LogP) is 3.57. The van der Waals surface area contributed by atoms with Gasteiger partial charge in [-0.2, -0.15) is 0 Å². The van der Waals surface area contributed by atoms with Crippen LogP contribution in [0.3, 0.4) is 0 Å². The molecular weight excluding hydrogens is 418 g/mol. The molecule has 0 saturated heterocycles. The van der Waals surface area contributed by atoms with Crippen LogP contribution < -0.4 is 11.1 Å². The highest BCUT2D eigenvalue weighted by atomic mass is 32.2. The lowest BCUT2D eigenvalue weighted by Crippen LogP contribution is -2.19. The number of aromatic nitrogens is 3. The zero-order chi connectivity index (χ0) is 20.8. The standard InChI is InChI=1S/C21H19N5O2S2/c1-11-9-16-24-25-21(26(16)14-7-3-2-5-12(11)14)29-10-17(27)23-20-18(19(22)28)13-6-4-8-15(13)30-20/h2-3,5,7,9H,4,6,8,10H2,1H3,(H2,22,28)(H,23,27). The van der Waals surface area contributed by atoms with Crippen LogP contribution in [-0.2, 0) is 17.6 Å². The van der Waals surface area contributed by atoms with Gasteiger partial charge < -0.3 is 11.1 Å². The van der Waals surface area contributed by atoms with Crippen LogP contribution in [0, 0.1) is 6.92 Å². The molecule has 9 heteroatoms. The Hall–Kier alpha value is -2.91. The van der Waals surface area contributed by atoms with Crippen LogP contribution in [0.4, 0.5) is 5.00 Å². The van der Waals surface area contributed by atoms with Gasteiger partial charge >= 0.3 is 0 Å². The number of para-hydroxylation sites is 1. The first kappa shape index (κ1) is 19.1. The number of carbonyl (C=O) groups excluding carboxylic acids is 2. The maximum absolute atomic E-state index is 12.6. The number of nitrogens with zero attached hydrogens (tertiary/aromatic N) is 3. The van der Waals surface area contributed by atoms with Gasteiger partial charge in [-0.3, -0.25) is 14.0 Å². The number of anilines is 1. The topological polar surface area (TPSA) is 102 Å². The Morgan fingerprint density at radius 1 is 1.27 bits per heavy atom. The van der Waals surface area contributed by atoms with E-state index in [2.05, 4.69) is 21.6 Å². The first-order valence-electron chi connectivity index (χ1n) is 9.63. The lowest BCUT2D eigenvalue weighted by molar-refractivity contribution is -0.113. The van der Waals surface area contributed by atoms with E-state index in [4.69, 9.17) is 5.73 Å². The maximum Gasteiger partial charge on any atom is 0.251 e. The zero-order valence-corrected chi connectivity index (χ0v) is 17.9. The monoisotopic (exact) mass is 437 g/mol. The summed E-state index contributed by atoms with van der Waals surface area (Å²) in [5, 5.41) is 13.8. The van der Waals surface area contributed by atoms with E-state index in [0.717, 1.165) is 51.8 Å². The summed E-state index contributed by atoms with van der Waals surface area (Å²) in [7, 11) is 0. The minimum absolute atomic E-state index is 0.157. The molecule has 4 aromatic rings. The predicted molar refractivity (Wildman–Crippen MR) is 119 cm³/mol. The number of thioether (sulfide) groups is 1. The van der Waals surface area contributed by atoms with Gasteiger partial charge in [0.05, 0.1) is 16.8 Å². The van der Waals surface area contributed by atoms with E-state index in [1.165, 1.54) is 23.1 Å².